The number of benzene rings is 1. The number of carbonyl (C=O) groups excluding carboxylic acids is 1. The van der Waals surface area contributed by atoms with E-state index in [2.05, 4.69) is 29.8 Å². The van der Waals surface area contributed by atoms with Gasteiger partial charge >= 0.3 is 0 Å². The van der Waals surface area contributed by atoms with E-state index in [0.29, 0.717) is 18.1 Å². The molecule has 0 saturated heterocycles. The Labute approximate surface area is 111 Å². The topological polar surface area (TPSA) is 26.3 Å². The molecule has 0 aliphatic rings. The van der Waals surface area contributed by atoms with Crippen molar-refractivity contribution in [2.24, 2.45) is 5.92 Å². The largest absolute Gasteiger partial charge is 0.373 e. The Morgan fingerprint density at radius 2 is 1.94 bits per heavy atom. The van der Waals surface area contributed by atoms with E-state index in [-0.39, 0.29) is 12.4 Å². The molecule has 0 atom stereocenters. The molecule has 1 rings (SSSR count). The summed E-state index contributed by atoms with van der Waals surface area (Å²) in [7, 11) is 0. The molecule has 0 radical (unpaired) electrons. The average Bonchev–Trinajstić information content (AvgIpc) is 2.29. The first-order chi connectivity index (χ1) is 8.09. The maximum absolute atomic E-state index is 11.7. The summed E-state index contributed by atoms with van der Waals surface area (Å²) in [5, 5.41) is 0. The summed E-state index contributed by atoms with van der Waals surface area (Å²) in [5.41, 5.74) is 0.706. The Morgan fingerprint density at radius 1 is 1.29 bits per heavy atom. The Balaban J connectivity index is 2.23. The highest BCUT2D eigenvalue weighted by Crippen LogP contribution is 2.11. The molecule has 0 bridgehead atoms. The molecule has 0 aliphatic carbocycles. The molecule has 1 aromatic rings. The van der Waals surface area contributed by atoms with E-state index >= 15 is 0 Å². The van der Waals surface area contributed by atoms with E-state index in [4.69, 9.17) is 4.74 Å². The highest BCUT2D eigenvalue weighted by Gasteiger charge is 2.05. The third kappa shape index (κ3) is 5.99. The number of carbonyl (C=O) groups is 1. The minimum atomic E-state index is 0.0436. The summed E-state index contributed by atoms with van der Waals surface area (Å²) in [4.78, 5) is 11.7. The maximum Gasteiger partial charge on any atom is 0.188 e. The predicted molar refractivity (Wildman–Crippen MR) is 73.4 cm³/mol. The Hall–Kier alpha value is -0.670. The van der Waals surface area contributed by atoms with Gasteiger partial charge in [0.15, 0.2) is 5.78 Å². The van der Waals surface area contributed by atoms with Crippen LogP contribution in [-0.2, 0) is 4.74 Å². The van der Waals surface area contributed by atoms with Crippen LogP contribution in [0.5, 0.6) is 0 Å². The number of hydrogen-bond acceptors (Lipinski definition) is 2. The standard InChI is InChI=1S/C14H19BrO2/c1-11(2)4-3-9-17-10-14(16)12-5-7-13(15)8-6-12/h5-8,11H,3-4,9-10H2,1-2H3. The van der Waals surface area contributed by atoms with Crippen molar-refractivity contribution in [1.82, 2.24) is 0 Å². The second-order valence-electron chi connectivity index (χ2n) is 4.52. The lowest BCUT2D eigenvalue weighted by Crippen LogP contribution is -2.10. The zero-order chi connectivity index (χ0) is 12.7. The van der Waals surface area contributed by atoms with Gasteiger partial charge < -0.3 is 4.74 Å². The van der Waals surface area contributed by atoms with E-state index in [0.717, 1.165) is 17.3 Å². The highest BCUT2D eigenvalue weighted by atomic mass is 79.9. The molecule has 1 aromatic carbocycles. The fourth-order valence-corrected chi connectivity index (χ4v) is 1.74. The van der Waals surface area contributed by atoms with Crippen molar-refractivity contribution in [2.75, 3.05) is 13.2 Å². The van der Waals surface area contributed by atoms with Crippen LogP contribution in [0.1, 0.15) is 37.0 Å². The van der Waals surface area contributed by atoms with Gasteiger partial charge in [0.25, 0.3) is 0 Å². The smallest absolute Gasteiger partial charge is 0.188 e. The SMILES string of the molecule is CC(C)CCCOCC(=O)c1ccc(Br)cc1. The van der Waals surface area contributed by atoms with Crippen molar-refractivity contribution in [3.8, 4) is 0 Å². The summed E-state index contributed by atoms with van der Waals surface area (Å²) >= 11 is 3.34. The molecule has 0 N–H and O–H groups in total. The molecule has 0 amide bonds. The Bertz CT molecular complexity index is 344. The lowest BCUT2D eigenvalue weighted by Gasteiger charge is -2.05. The number of ketones is 1. The van der Waals surface area contributed by atoms with Crippen LogP contribution in [0.3, 0.4) is 0 Å². The van der Waals surface area contributed by atoms with Crippen molar-refractivity contribution >= 4 is 21.7 Å². The van der Waals surface area contributed by atoms with Gasteiger partial charge in [-0.15, -0.1) is 0 Å². The zero-order valence-electron chi connectivity index (χ0n) is 10.4. The molecule has 0 fully saturated rings. The molecule has 0 heterocycles. The molecule has 0 spiro atoms. The van der Waals surface area contributed by atoms with Crippen LogP contribution in [0.25, 0.3) is 0 Å². The van der Waals surface area contributed by atoms with Gasteiger partial charge in [0, 0.05) is 16.6 Å². The van der Waals surface area contributed by atoms with Crippen molar-refractivity contribution in [2.45, 2.75) is 26.7 Å². The monoisotopic (exact) mass is 298 g/mol. The number of rotatable bonds is 7. The van der Waals surface area contributed by atoms with Gasteiger partial charge in [-0.25, -0.2) is 0 Å². The highest BCUT2D eigenvalue weighted by molar-refractivity contribution is 9.10. The quantitative estimate of drug-likeness (QED) is 0.560. The van der Waals surface area contributed by atoms with E-state index in [9.17, 15) is 4.79 Å². The second-order valence-corrected chi connectivity index (χ2v) is 5.43. The van der Waals surface area contributed by atoms with Gasteiger partial charge in [0.05, 0.1) is 0 Å². The normalized spacial score (nSPS) is 10.8. The maximum atomic E-state index is 11.7. The van der Waals surface area contributed by atoms with Crippen LogP contribution in [0.15, 0.2) is 28.7 Å². The number of Topliss-reactive ketones (excluding diaryl/α,β-unsaturated/α-hetero) is 1. The van der Waals surface area contributed by atoms with Gasteiger partial charge in [-0.05, 0) is 30.9 Å². The molecule has 0 aromatic heterocycles. The van der Waals surface area contributed by atoms with E-state index in [1.54, 1.807) is 0 Å². The first-order valence-corrected chi connectivity index (χ1v) is 6.75. The zero-order valence-corrected chi connectivity index (χ0v) is 12.0. The first-order valence-electron chi connectivity index (χ1n) is 5.96. The minimum absolute atomic E-state index is 0.0436. The lowest BCUT2D eigenvalue weighted by atomic mass is 10.1. The fourth-order valence-electron chi connectivity index (χ4n) is 1.48. The summed E-state index contributed by atoms with van der Waals surface area (Å²) < 4.78 is 6.35. The van der Waals surface area contributed by atoms with Crippen LogP contribution < -0.4 is 0 Å². The minimum Gasteiger partial charge on any atom is -0.373 e. The van der Waals surface area contributed by atoms with Gasteiger partial charge in [-0.1, -0.05) is 41.9 Å². The molecule has 3 heteroatoms. The molecule has 0 saturated carbocycles. The van der Waals surface area contributed by atoms with Crippen LogP contribution in [0, 0.1) is 5.92 Å². The van der Waals surface area contributed by atoms with Crippen LogP contribution in [0.2, 0.25) is 0 Å². The fraction of sp³-hybridized carbons (Fsp3) is 0.500. The molecule has 94 valence electrons. The van der Waals surface area contributed by atoms with Gasteiger partial charge in [0.2, 0.25) is 0 Å². The van der Waals surface area contributed by atoms with Crippen molar-refractivity contribution < 1.29 is 9.53 Å². The molecular weight excluding hydrogens is 280 g/mol. The van der Waals surface area contributed by atoms with Crippen LogP contribution in [-0.4, -0.2) is 19.0 Å². The number of hydrogen-bond donors (Lipinski definition) is 0. The Kier molecular flexibility index (Phi) is 6.45. The lowest BCUT2D eigenvalue weighted by molar-refractivity contribution is 0.0749. The van der Waals surface area contributed by atoms with Gasteiger partial charge in [-0.2, -0.15) is 0 Å². The van der Waals surface area contributed by atoms with E-state index in [1.807, 2.05) is 24.3 Å². The third-order valence-corrected chi connectivity index (χ3v) is 3.00. The van der Waals surface area contributed by atoms with Crippen LogP contribution >= 0.6 is 15.9 Å². The van der Waals surface area contributed by atoms with Gasteiger partial charge in [-0.3, -0.25) is 4.79 Å². The molecule has 2 nitrogen and oxygen atoms in total. The Morgan fingerprint density at radius 3 is 2.53 bits per heavy atom. The van der Waals surface area contributed by atoms with E-state index in [1.165, 1.54) is 0 Å². The first kappa shape index (κ1) is 14.4. The summed E-state index contributed by atoms with van der Waals surface area (Å²) in [5.74, 6) is 0.739. The molecule has 0 unspecified atom stereocenters. The summed E-state index contributed by atoms with van der Waals surface area (Å²) in [6.07, 6.45) is 2.16. The van der Waals surface area contributed by atoms with Gasteiger partial charge in [0.1, 0.15) is 6.61 Å². The van der Waals surface area contributed by atoms with E-state index < -0.39 is 0 Å². The van der Waals surface area contributed by atoms with Crippen LogP contribution in [0.4, 0.5) is 0 Å². The van der Waals surface area contributed by atoms with Crippen molar-refractivity contribution in [3.63, 3.8) is 0 Å². The third-order valence-electron chi connectivity index (χ3n) is 2.47. The average molecular weight is 299 g/mol. The van der Waals surface area contributed by atoms with Crippen molar-refractivity contribution in [1.29, 1.82) is 0 Å². The van der Waals surface area contributed by atoms with Crippen molar-refractivity contribution in [3.05, 3.63) is 34.3 Å². The molecule has 17 heavy (non-hydrogen) atoms. The predicted octanol–water partition coefficient (Wildman–Crippen LogP) is 4.08. The second kappa shape index (κ2) is 7.62. The number of halogens is 1. The number of ether oxygens (including phenoxy) is 1. The molecular formula is C14H19BrO2. The molecule has 0 aliphatic heterocycles. The summed E-state index contributed by atoms with van der Waals surface area (Å²) in [6.45, 7) is 5.22. The summed E-state index contributed by atoms with van der Waals surface area (Å²) in [6, 6.07) is 7.35.